The molecule has 0 unspecified atom stereocenters. The molecule has 2 aromatic rings. The lowest BCUT2D eigenvalue weighted by atomic mass is 10.3. The van der Waals surface area contributed by atoms with Crippen molar-refractivity contribution in [2.45, 2.75) is 6.92 Å². The number of amides is 1. The summed E-state index contributed by atoms with van der Waals surface area (Å²) < 4.78 is 30.6. The molecular weight excluding hydrogens is 328 g/mol. The minimum atomic E-state index is -3.62. The number of para-hydroxylation sites is 1. The monoisotopic (exact) mass is 348 g/mol. The quantitative estimate of drug-likeness (QED) is 0.834. The van der Waals surface area contributed by atoms with Gasteiger partial charge >= 0.3 is 0 Å². The number of nitrogens with zero attached hydrogens (tertiary/aromatic N) is 1. The summed E-state index contributed by atoms with van der Waals surface area (Å²) in [4.78, 5) is 12.2. The van der Waals surface area contributed by atoms with Crippen molar-refractivity contribution in [3.63, 3.8) is 0 Å². The predicted molar refractivity (Wildman–Crippen MR) is 94.9 cm³/mol. The van der Waals surface area contributed by atoms with E-state index in [1.54, 1.807) is 48.5 Å². The van der Waals surface area contributed by atoms with Crippen LogP contribution >= 0.6 is 0 Å². The summed E-state index contributed by atoms with van der Waals surface area (Å²) in [7, 11) is -3.62. The van der Waals surface area contributed by atoms with Gasteiger partial charge in [-0.05, 0) is 31.2 Å². The standard InChI is InChI=1S/C17H20N2O4S/c1-3-23-16-11-7-10-15(12-16)19(24(2,21)22)13-17(20)18-14-8-5-4-6-9-14/h4-12H,3,13H2,1-2H3,(H,18,20). The Hall–Kier alpha value is -2.54. The van der Waals surface area contributed by atoms with Crippen LogP contribution in [0.15, 0.2) is 54.6 Å². The molecule has 1 amide bonds. The summed E-state index contributed by atoms with van der Waals surface area (Å²) in [5.41, 5.74) is 0.991. The third-order valence-electron chi connectivity index (χ3n) is 3.16. The van der Waals surface area contributed by atoms with Gasteiger partial charge in [-0.3, -0.25) is 9.10 Å². The van der Waals surface area contributed by atoms with Gasteiger partial charge < -0.3 is 10.1 Å². The van der Waals surface area contributed by atoms with Crippen LogP contribution in [0.1, 0.15) is 6.92 Å². The lowest BCUT2D eigenvalue weighted by molar-refractivity contribution is -0.114. The highest BCUT2D eigenvalue weighted by atomic mass is 32.2. The summed E-state index contributed by atoms with van der Waals surface area (Å²) in [5.74, 6) is 0.126. The number of carbonyl (C=O) groups excluding carboxylic acids is 1. The number of nitrogens with one attached hydrogen (secondary N) is 1. The fraction of sp³-hybridized carbons (Fsp3) is 0.235. The van der Waals surface area contributed by atoms with E-state index in [0.717, 1.165) is 10.6 Å². The Morgan fingerprint density at radius 2 is 1.83 bits per heavy atom. The van der Waals surface area contributed by atoms with E-state index in [0.29, 0.717) is 23.7 Å². The van der Waals surface area contributed by atoms with E-state index < -0.39 is 15.9 Å². The number of hydrogen-bond donors (Lipinski definition) is 1. The Morgan fingerprint density at radius 3 is 2.46 bits per heavy atom. The molecule has 0 fully saturated rings. The van der Waals surface area contributed by atoms with Gasteiger partial charge in [-0.1, -0.05) is 24.3 Å². The molecule has 0 aliphatic heterocycles. The highest BCUT2D eigenvalue weighted by Crippen LogP contribution is 2.23. The van der Waals surface area contributed by atoms with Crippen LogP contribution in [0.25, 0.3) is 0 Å². The molecule has 2 rings (SSSR count). The molecule has 0 saturated heterocycles. The van der Waals surface area contributed by atoms with Crippen LogP contribution in [0.4, 0.5) is 11.4 Å². The third kappa shape index (κ3) is 4.99. The van der Waals surface area contributed by atoms with Crippen LogP contribution in [0, 0.1) is 0 Å². The van der Waals surface area contributed by atoms with E-state index >= 15 is 0 Å². The third-order valence-corrected chi connectivity index (χ3v) is 4.30. The normalized spacial score (nSPS) is 10.9. The second-order valence-electron chi connectivity index (χ2n) is 5.11. The molecule has 0 saturated carbocycles. The predicted octanol–water partition coefficient (Wildman–Crippen LogP) is 2.49. The zero-order valence-corrected chi connectivity index (χ0v) is 14.4. The fourth-order valence-electron chi connectivity index (χ4n) is 2.15. The number of benzene rings is 2. The van der Waals surface area contributed by atoms with E-state index in [-0.39, 0.29) is 6.54 Å². The number of carbonyl (C=O) groups is 1. The van der Waals surface area contributed by atoms with Gasteiger partial charge in [-0.25, -0.2) is 8.42 Å². The summed E-state index contributed by atoms with van der Waals surface area (Å²) in [5, 5.41) is 2.68. The zero-order valence-electron chi connectivity index (χ0n) is 13.6. The van der Waals surface area contributed by atoms with Gasteiger partial charge in [0.15, 0.2) is 0 Å². The molecule has 0 aromatic heterocycles. The first kappa shape index (κ1) is 17.8. The molecule has 2 aromatic carbocycles. The smallest absolute Gasteiger partial charge is 0.245 e. The van der Waals surface area contributed by atoms with Crippen LogP contribution in [0.2, 0.25) is 0 Å². The number of anilines is 2. The molecule has 0 radical (unpaired) electrons. The molecule has 6 nitrogen and oxygen atoms in total. The van der Waals surface area contributed by atoms with E-state index in [1.165, 1.54) is 0 Å². The molecule has 7 heteroatoms. The number of rotatable bonds is 7. The van der Waals surface area contributed by atoms with E-state index in [2.05, 4.69) is 5.32 Å². The Kier molecular flexibility index (Phi) is 5.81. The Labute approximate surface area is 142 Å². The van der Waals surface area contributed by atoms with Crippen molar-refractivity contribution in [3.05, 3.63) is 54.6 Å². The Bertz CT molecular complexity index is 791. The summed E-state index contributed by atoms with van der Waals surface area (Å²) >= 11 is 0. The van der Waals surface area contributed by atoms with Crippen LogP contribution in [0.5, 0.6) is 5.75 Å². The molecule has 0 atom stereocenters. The van der Waals surface area contributed by atoms with Gasteiger partial charge in [0.25, 0.3) is 0 Å². The van der Waals surface area contributed by atoms with Crippen molar-refractivity contribution in [1.29, 1.82) is 0 Å². The minimum absolute atomic E-state index is 0.316. The average Bonchev–Trinajstić information content (AvgIpc) is 2.53. The van der Waals surface area contributed by atoms with E-state index in [9.17, 15) is 13.2 Å². The average molecular weight is 348 g/mol. The molecular formula is C17H20N2O4S. The SMILES string of the molecule is CCOc1cccc(N(CC(=O)Nc2ccccc2)S(C)(=O)=O)c1. The van der Waals surface area contributed by atoms with Crippen molar-refractivity contribution < 1.29 is 17.9 Å². The lowest BCUT2D eigenvalue weighted by Crippen LogP contribution is -2.37. The summed E-state index contributed by atoms with van der Waals surface area (Å²) in [6.07, 6.45) is 1.07. The van der Waals surface area contributed by atoms with Gasteiger partial charge in [0.2, 0.25) is 15.9 Å². The largest absolute Gasteiger partial charge is 0.494 e. The maximum Gasteiger partial charge on any atom is 0.245 e. The topological polar surface area (TPSA) is 75.7 Å². The molecule has 24 heavy (non-hydrogen) atoms. The van der Waals surface area contributed by atoms with Crippen LogP contribution < -0.4 is 14.4 Å². The summed E-state index contributed by atoms with van der Waals surface area (Å²) in [6.45, 7) is 1.99. The van der Waals surface area contributed by atoms with E-state index in [4.69, 9.17) is 4.74 Å². The second kappa shape index (κ2) is 7.83. The molecule has 0 heterocycles. The van der Waals surface area contributed by atoms with Crippen molar-refractivity contribution >= 4 is 27.3 Å². The van der Waals surface area contributed by atoms with E-state index in [1.807, 2.05) is 13.0 Å². The molecule has 1 N–H and O–H groups in total. The second-order valence-corrected chi connectivity index (χ2v) is 7.02. The first-order valence-corrected chi connectivity index (χ1v) is 9.30. The fourth-order valence-corrected chi connectivity index (χ4v) is 3.00. The molecule has 0 aliphatic rings. The van der Waals surface area contributed by atoms with Gasteiger partial charge in [0, 0.05) is 11.8 Å². The van der Waals surface area contributed by atoms with Gasteiger partial charge in [0.1, 0.15) is 12.3 Å². The Morgan fingerprint density at radius 1 is 1.12 bits per heavy atom. The molecule has 0 spiro atoms. The first-order chi connectivity index (χ1) is 11.4. The highest BCUT2D eigenvalue weighted by Gasteiger charge is 2.21. The van der Waals surface area contributed by atoms with Crippen molar-refractivity contribution in [1.82, 2.24) is 0 Å². The Balaban J connectivity index is 2.20. The van der Waals surface area contributed by atoms with Gasteiger partial charge in [0.05, 0.1) is 18.6 Å². The van der Waals surface area contributed by atoms with Crippen LogP contribution in [-0.4, -0.2) is 33.7 Å². The maximum absolute atomic E-state index is 12.2. The zero-order chi connectivity index (χ0) is 17.6. The van der Waals surface area contributed by atoms with Crippen molar-refractivity contribution in [3.8, 4) is 5.75 Å². The van der Waals surface area contributed by atoms with Crippen molar-refractivity contribution in [2.24, 2.45) is 0 Å². The van der Waals surface area contributed by atoms with Gasteiger partial charge in [-0.15, -0.1) is 0 Å². The van der Waals surface area contributed by atoms with Crippen LogP contribution in [-0.2, 0) is 14.8 Å². The highest BCUT2D eigenvalue weighted by molar-refractivity contribution is 7.92. The number of ether oxygens (including phenoxy) is 1. The lowest BCUT2D eigenvalue weighted by Gasteiger charge is -2.22. The van der Waals surface area contributed by atoms with Crippen molar-refractivity contribution in [2.75, 3.05) is 29.0 Å². The first-order valence-electron chi connectivity index (χ1n) is 7.45. The summed E-state index contributed by atoms with van der Waals surface area (Å²) in [6, 6.07) is 15.5. The molecule has 0 aliphatic carbocycles. The number of hydrogen-bond acceptors (Lipinski definition) is 4. The minimum Gasteiger partial charge on any atom is -0.494 e. The number of sulfonamides is 1. The van der Waals surface area contributed by atoms with Crippen LogP contribution in [0.3, 0.4) is 0 Å². The molecule has 128 valence electrons. The molecule has 0 bridgehead atoms. The van der Waals surface area contributed by atoms with Gasteiger partial charge in [-0.2, -0.15) is 0 Å². The maximum atomic E-state index is 12.2.